The zero-order chi connectivity index (χ0) is 17.8. The van der Waals surface area contributed by atoms with Gasteiger partial charge in [0.1, 0.15) is 5.82 Å². The highest BCUT2D eigenvalue weighted by Gasteiger charge is 2.23. The molecule has 5 nitrogen and oxygen atoms in total. The van der Waals surface area contributed by atoms with E-state index in [1.54, 1.807) is 23.2 Å². The Balaban J connectivity index is 1.71. The molecule has 1 aromatic carbocycles. The monoisotopic (exact) mass is 343 g/mol. The minimum absolute atomic E-state index is 0.0810. The molecule has 0 aliphatic carbocycles. The third-order valence-corrected chi connectivity index (χ3v) is 4.40. The number of amides is 1. The standard InChI is InChI=1S/C19H22FN3O2/c1-13(15-8-16(20)11-21-10-15)22-17-5-2-4-14(9-17)19(25)23-7-3-6-18(24)12-23/h2,4-5,8-11,13,18,22,24H,3,6-7,12H2,1H3. The fraction of sp³-hybridized carbons (Fsp3) is 0.368. The number of likely N-dealkylation sites (tertiary alicyclic amines) is 1. The van der Waals surface area contributed by atoms with Crippen LogP contribution in [0.15, 0.2) is 42.7 Å². The number of carbonyl (C=O) groups is 1. The van der Waals surface area contributed by atoms with Crippen molar-refractivity contribution in [1.29, 1.82) is 0 Å². The Morgan fingerprint density at radius 1 is 1.40 bits per heavy atom. The van der Waals surface area contributed by atoms with Crippen molar-refractivity contribution in [1.82, 2.24) is 9.88 Å². The molecule has 0 saturated carbocycles. The molecule has 1 amide bonds. The Morgan fingerprint density at radius 3 is 3.00 bits per heavy atom. The molecule has 2 atom stereocenters. The van der Waals surface area contributed by atoms with Crippen LogP contribution in [0.5, 0.6) is 0 Å². The lowest BCUT2D eigenvalue weighted by Crippen LogP contribution is -2.42. The van der Waals surface area contributed by atoms with Crippen LogP contribution >= 0.6 is 0 Å². The van der Waals surface area contributed by atoms with Crippen LogP contribution in [-0.2, 0) is 0 Å². The van der Waals surface area contributed by atoms with Crippen molar-refractivity contribution in [2.24, 2.45) is 0 Å². The van der Waals surface area contributed by atoms with E-state index in [2.05, 4.69) is 10.3 Å². The maximum Gasteiger partial charge on any atom is 0.254 e. The number of nitrogens with one attached hydrogen (secondary N) is 1. The first-order valence-corrected chi connectivity index (χ1v) is 8.47. The van der Waals surface area contributed by atoms with Gasteiger partial charge in [-0.3, -0.25) is 9.78 Å². The third-order valence-electron chi connectivity index (χ3n) is 4.40. The minimum Gasteiger partial charge on any atom is -0.391 e. The maximum atomic E-state index is 13.3. The second-order valence-corrected chi connectivity index (χ2v) is 6.43. The molecule has 25 heavy (non-hydrogen) atoms. The number of pyridine rings is 1. The average molecular weight is 343 g/mol. The van der Waals surface area contributed by atoms with E-state index in [9.17, 15) is 14.3 Å². The van der Waals surface area contributed by atoms with Crippen LogP contribution < -0.4 is 5.32 Å². The van der Waals surface area contributed by atoms with Gasteiger partial charge in [-0.25, -0.2) is 4.39 Å². The predicted octanol–water partition coefficient (Wildman–Crippen LogP) is 2.99. The first-order valence-electron chi connectivity index (χ1n) is 8.47. The Bertz CT molecular complexity index is 753. The molecule has 2 unspecified atom stereocenters. The SMILES string of the molecule is CC(Nc1cccc(C(=O)N2CCCC(O)C2)c1)c1cncc(F)c1. The van der Waals surface area contributed by atoms with Crippen LogP contribution in [0.25, 0.3) is 0 Å². The maximum absolute atomic E-state index is 13.3. The van der Waals surface area contributed by atoms with Crippen molar-refractivity contribution in [3.63, 3.8) is 0 Å². The normalized spacial score (nSPS) is 18.7. The van der Waals surface area contributed by atoms with E-state index in [1.807, 2.05) is 19.1 Å². The first kappa shape index (κ1) is 17.4. The summed E-state index contributed by atoms with van der Waals surface area (Å²) in [7, 11) is 0. The molecule has 6 heteroatoms. The van der Waals surface area contributed by atoms with E-state index < -0.39 is 6.10 Å². The highest BCUT2D eigenvalue weighted by molar-refractivity contribution is 5.95. The number of benzene rings is 1. The fourth-order valence-electron chi connectivity index (χ4n) is 3.06. The summed E-state index contributed by atoms with van der Waals surface area (Å²) in [5.74, 6) is -0.457. The van der Waals surface area contributed by atoms with Crippen LogP contribution in [0, 0.1) is 5.82 Å². The molecule has 2 N–H and O–H groups in total. The van der Waals surface area contributed by atoms with Gasteiger partial charge in [0.05, 0.1) is 18.3 Å². The highest BCUT2D eigenvalue weighted by atomic mass is 19.1. The van der Waals surface area contributed by atoms with E-state index in [0.29, 0.717) is 18.7 Å². The molecule has 2 aromatic rings. The lowest BCUT2D eigenvalue weighted by molar-refractivity contribution is 0.0474. The molecular weight excluding hydrogens is 321 g/mol. The zero-order valence-electron chi connectivity index (χ0n) is 14.2. The summed E-state index contributed by atoms with van der Waals surface area (Å²) >= 11 is 0. The number of hydrogen-bond acceptors (Lipinski definition) is 4. The molecule has 0 spiro atoms. The number of aliphatic hydroxyl groups is 1. The number of nitrogens with zero attached hydrogens (tertiary/aromatic N) is 2. The average Bonchev–Trinajstić information content (AvgIpc) is 2.61. The summed E-state index contributed by atoms with van der Waals surface area (Å²) in [4.78, 5) is 18.2. The van der Waals surface area contributed by atoms with Crippen LogP contribution in [0.4, 0.5) is 10.1 Å². The van der Waals surface area contributed by atoms with Crippen LogP contribution in [0.2, 0.25) is 0 Å². The summed E-state index contributed by atoms with van der Waals surface area (Å²) in [5.41, 5.74) is 2.08. The summed E-state index contributed by atoms with van der Waals surface area (Å²) in [5, 5.41) is 13.0. The van der Waals surface area contributed by atoms with Gasteiger partial charge >= 0.3 is 0 Å². The zero-order valence-corrected chi connectivity index (χ0v) is 14.2. The number of rotatable bonds is 4. The van der Waals surface area contributed by atoms with E-state index >= 15 is 0 Å². The van der Waals surface area contributed by atoms with E-state index in [4.69, 9.17) is 0 Å². The quantitative estimate of drug-likeness (QED) is 0.896. The van der Waals surface area contributed by atoms with Crippen molar-refractivity contribution < 1.29 is 14.3 Å². The number of β-amino-alcohol motifs (C(OH)–C–C–N with tert-alkyl or cyclic N) is 1. The number of aliphatic hydroxyl groups excluding tert-OH is 1. The van der Waals surface area contributed by atoms with Crippen molar-refractivity contribution in [3.8, 4) is 0 Å². The molecule has 1 fully saturated rings. The Morgan fingerprint density at radius 2 is 2.24 bits per heavy atom. The minimum atomic E-state index is -0.445. The Hall–Kier alpha value is -2.47. The highest BCUT2D eigenvalue weighted by Crippen LogP contribution is 2.21. The van der Waals surface area contributed by atoms with Crippen molar-refractivity contribution in [2.45, 2.75) is 31.9 Å². The molecule has 3 rings (SSSR count). The molecule has 1 saturated heterocycles. The van der Waals surface area contributed by atoms with Gasteiger partial charge in [-0.2, -0.15) is 0 Å². The largest absolute Gasteiger partial charge is 0.391 e. The second kappa shape index (κ2) is 7.61. The number of aromatic nitrogens is 1. The van der Waals surface area contributed by atoms with E-state index in [0.717, 1.165) is 24.1 Å². The summed E-state index contributed by atoms with van der Waals surface area (Å²) in [6, 6.07) is 8.52. The van der Waals surface area contributed by atoms with E-state index in [1.165, 1.54) is 12.3 Å². The number of piperidine rings is 1. The lowest BCUT2D eigenvalue weighted by Gasteiger charge is -2.30. The molecule has 132 valence electrons. The molecule has 0 bridgehead atoms. The van der Waals surface area contributed by atoms with Gasteiger partial charge < -0.3 is 15.3 Å². The van der Waals surface area contributed by atoms with Crippen molar-refractivity contribution in [2.75, 3.05) is 18.4 Å². The number of hydrogen-bond donors (Lipinski definition) is 2. The molecule has 0 radical (unpaired) electrons. The summed E-state index contributed by atoms with van der Waals surface area (Å²) < 4.78 is 13.3. The van der Waals surface area contributed by atoms with Crippen molar-refractivity contribution in [3.05, 3.63) is 59.7 Å². The first-order chi connectivity index (χ1) is 12.0. The molecule has 1 aromatic heterocycles. The fourth-order valence-corrected chi connectivity index (χ4v) is 3.06. The second-order valence-electron chi connectivity index (χ2n) is 6.43. The van der Waals surface area contributed by atoms with Crippen LogP contribution in [0.3, 0.4) is 0 Å². The van der Waals surface area contributed by atoms with Crippen molar-refractivity contribution >= 4 is 11.6 Å². The lowest BCUT2D eigenvalue weighted by atomic mass is 10.1. The third kappa shape index (κ3) is 4.33. The molecule has 2 heterocycles. The van der Waals surface area contributed by atoms with Gasteiger partial charge in [0.25, 0.3) is 5.91 Å². The number of carbonyl (C=O) groups excluding carboxylic acids is 1. The van der Waals surface area contributed by atoms with Gasteiger partial charge in [0.2, 0.25) is 0 Å². The molecular formula is C19H22FN3O2. The molecule has 1 aliphatic heterocycles. The number of anilines is 1. The van der Waals surface area contributed by atoms with Gasteiger partial charge in [-0.15, -0.1) is 0 Å². The van der Waals surface area contributed by atoms with Gasteiger partial charge in [-0.05, 0) is 49.6 Å². The van der Waals surface area contributed by atoms with Gasteiger partial charge in [0.15, 0.2) is 0 Å². The Labute approximate surface area is 146 Å². The van der Waals surface area contributed by atoms with Crippen LogP contribution in [-0.4, -0.2) is 40.1 Å². The number of halogens is 1. The topological polar surface area (TPSA) is 65.5 Å². The molecule has 1 aliphatic rings. The predicted molar refractivity (Wildman–Crippen MR) is 93.8 cm³/mol. The van der Waals surface area contributed by atoms with E-state index in [-0.39, 0.29) is 17.8 Å². The summed E-state index contributed by atoms with van der Waals surface area (Å²) in [6.45, 7) is 2.95. The van der Waals surface area contributed by atoms with Crippen LogP contribution in [0.1, 0.15) is 41.7 Å². The summed E-state index contributed by atoms with van der Waals surface area (Å²) in [6.07, 6.45) is 3.89. The Kier molecular flexibility index (Phi) is 5.28. The van der Waals surface area contributed by atoms with Gasteiger partial charge in [-0.1, -0.05) is 6.07 Å². The smallest absolute Gasteiger partial charge is 0.254 e. The van der Waals surface area contributed by atoms with Gasteiger partial charge in [0, 0.05) is 30.5 Å².